The van der Waals surface area contributed by atoms with Crippen LogP contribution in [0, 0.1) is 22.7 Å². The summed E-state index contributed by atoms with van der Waals surface area (Å²) in [6.07, 6.45) is 0. The number of nitriles is 2. The molecule has 0 aromatic heterocycles. The van der Waals surface area contributed by atoms with Crippen molar-refractivity contribution in [3.8, 4) is 23.3 Å². The van der Waals surface area contributed by atoms with Crippen molar-refractivity contribution in [2.24, 2.45) is 4.99 Å². The molecule has 0 aliphatic carbocycles. The van der Waals surface area contributed by atoms with Crippen LogP contribution in [0.4, 0.5) is 51.2 Å². The maximum Gasteiger partial charge on any atom is 0.174 e. The SMILES string of the molecule is N#CC1=Nc2c(c3ccccc3c3cc(-c4ccc(N(c5ccccc5)c5ccccc5)cc4)ccc23)N(c2ccc(N(c3ccccc3)c3ccccc3)cc2)C1C#N. The number of benzene rings is 9. The van der Waals surface area contributed by atoms with Crippen molar-refractivity contribution in [3.63, 3.8) is 0 Å². The second kappa shape index (κ2) is 15.5. The topological polar surface area (TPSA) is 69.7 Å². The molecule has 10 rings (SSSR count). The lowest BCUT2D eigenvalue weighted by atomic mass is 9.92. The van der Waals surface area contributed by atoms with Crippen LogP contribution in [0.5, 0.6) is 0 Å². The van der Waals surface area contributed by atoms with E-state index < -0.39 is 6.04 Å². The lowest BCUT2D eigenvalue weighted by molar-refractivity contribution is 0.984. The molecule has 0 fully saturated rings. The zero-order valence-corrected chi connectivity index (χ0v) is 32.5. The number of hydrogen-bond acceptors (Lipinski definition) is 6. The lowest BCUT2D eigenvalue weighted by Crippen LogP contribution is -2.38. The zero-order valence-electron chi connectivity index (χ0n) is 32.5. The molecule has 0 saturated carbocycles. The molecule has 60 heavy (non-hydrogen) atoms. The molecule has 1 unspecified atom stereocenters. The Bertz CT molecular complexity index is 3020. The van der Waals surface area contributed by atoms with E-state index in [-0.39, 0.29) is 5.71 Å². The molecule has 9 aromatic rings. The third-order valence-electron chi connectivity index (χ3n) is 11.1. The second-order valence-electron chi connectivity index (χ2n) is 14.6. The Labute approximate surface area is 349 Å². The summed E-state index contributed by atoms with van der Waals surface area (Å²) >= 11 is 0. The monoisotopic (exact) mass is 768 g/mol. The van der Waals surface area contributed by atoms with Crippen molar-refractivity contribution >= 4 is 78.4 Å². The Morgan fingerprint density at radius 1 is 0.417 bits per heavy atom. The Kier molecular flexibility index (Phi) is 9.27. The first-order valence-electron chi connectivity index (χ1n) is 19.9. The van der Waals surface area contributed by atoms with E-state index in [1.807, 2.05) is 77.7 Å². The average molecular weight is 769 g/mol. The van der Waals surface area contributed by atoms with Gasteiger partial charge in [-0.1, -0.05) is 121 Å². The third-order valence-corrected chi connectivity index (χ3v) is 11.1. The number of fused-ring (bicyclic) bond motifs is 6. The molecule has 0 bridgehead atoms. The molecule has 0 radical (unpaired) electrons. The average Bonchev–Trinajstić information content (AvgIpc) is 3.33. The van der Waals surface area contributed by atoms with Crippen LogP contribution in [-0.2, 0) is 0 Å². The van der Waals surface area contributed by atoms with Gasteiger partial charge in [-0.3, -0.25) is 0 Å². The van der Waals surface area contributed by atoms with Crippen LogP contribution >= 0.6 is 0 Å². The number of hydrogen-bond donors (Lipinski definition) is 0. The Hall–Kier alpha value is -8.45. The quantitative estimate of drug-likeness (QED) is 0.144. The minimum atomic E-state index is -0.919. The van der Waals surface area contributed by atoms with Gasteiger partial charge in [-0.15, -0.1) is 0 Å². The van der Waals surface area contributed by atoms with E-state index in [0.29, 0.717) is 5.69 Å². The molecular weight excluding hydrogens is 733 g/mol. The lowest BCUT2D eigenvalue weighted by Gasteiger charge is -2.35. The number of nitrogens with zero attached hydrogens (tertiary/aromatic N) is 6. The molecule has 1 aliphatic rings. The largest absolute Gasteiger partial charge is 0.316 e. The summed E-state index contributed by atoms with van der Waals surface area (Å²) in [6.45, 7) is 0. The van der Waals surface area contributed by atoms with Gasteiger partial charge in [0.05, 0.1) is 17.4 Å². The predicted octanol–water partition coefficient (Wildman–Crippen LogP) is 14.2. The van der Waals surface area contributed by atoms with Gasteiger partial charge in [0.25, 0.3) is 0 Å². The first-order valence-corrected chi connectivity index (χ1v) is 19.9. The molecule has 6 nitrogen and oxygen atoms in total. The summed E-state index contributed by atoms with van der Waals surface area (Å²) in [5.74, 6) is 0. The fourth-order valence-corrected chi connectivity index (χ4v) is 8.37. The van der Waals surface area contributed by atoms with Gasteiger partial charge >= 0.3 is 0 Å². The number of rotatable bonds is 8. The normalized spacial score (nSPS) is 13.2. The highest BCUT2D eigenvalue weighted by atomic mass is 15.2. The van der Waals surface area contributed by atoms with Gasteiger partial charge in [0.15, 0.2) is 11.8 Å². The fraction of sp³-hybridized carbons (Fsp3) is 0.0185. The number of aliphatic imine (C=N–C) groups is 1. The molecule has 0 amide bonds. The van der Waals surface area contributed by atoms with Crippen LogP contribution in [0.3, 0.4) is 0 Å². The van der Waals surface area contributed by atoms with Gasteiger partial charge in [-0.25, -0.2) is 4.99 Å². The van der Waals surface area contributed by atoms with Crippen molar-refractivity contribution in [1.29, 1.82) is 10.5 Å². The van der Waals surface area contributed by atoms with E-state index in [2.05, 4.69) is 161 Å². The predicted molar refractivity (Wildman–Crippen MR) is 247 cm³/mol. The van der Waals surface area contributed by atoms with Crippen molar-refractivity contribution in [3.05, 3.63) is 212 Å². The van der Waals surface area contributed by atoms with Crippen molar-refractivity contribution in [2.75, 3.05) is 14.7 Å². The zero-order chi connectivity index (χ0) is 40.4. The van der Waals surface area contributed by atoms with Crippen LogP contribution in [0.1, 0.15) is 0 Å². The van der Waals surface area contributed by atoms with Gasteiger partial charge < -0.3 is 14.7 Å². The Balaban J connectivity index is 1.08. The fourth-order valence-electron chi connectivity index (χ4n) is 8.37. The summed E-state index contributed by atoms with van der Waals surface area (Å²) in [5, 5.41) is 25.1. The molecular formula is C54H36N6. The Morgan fingerprint density at radius 3 is 1.33 bits per heavy atom. The maximum atomic E-state index is 10.7. The van der Waals surface area contributed by atoms with Crippen LogP contribution < -0.4 is 14.7 Å². The van der Waals surface area contributed by atoms with E-state index in [0.717, 1.165) is 78.2 Å². The van der Waals surface area contributed by atoms with Crippen molar-refractivity contribution in [2.45, 2.75) is 6.04 Å². The summed E-state index contributed by atoms with van der Waals surface area (Å²) in [5.41, 5.74) is 10.8. The van der Waals surface area contributed by atoms with Gasteiger partial charge in [0.2, 0.25) is 0 Å². The van der Waals surface area contributed by atoms with Gasteiger partial charge in [-0.2, -0.15) is 10.5 Å². The van der Waals surface area contributed by atoms with E-state index in [4.69, 9.17) is 4.99 Å². The first kappa shape index (κ1) is 35.9. The summed E-state index contributed by atoms with van der Waals surface area (Å²) in [6, 6.07) is 76.7. The maximum absolute atomic E-state index is 10.7. The highest BCUT2D eigenvalue weighted by Crippen LogP contribution is 2.50. The molecule has 1 atom stereocenters. The first-order chi connectivity index (χ1) is 29.7. The van der Waals surface area contributed by atoms with Gasteiger partial charge in [0.1, 0.15) is 6.07 Å². The number of para-hydroxylation sites is 4. The standard InChI is InChI=1S/C54H36N6/c55-36-51-52(37-56)60(46-32-30-45(31-33-46)59(42-19-9-3-10-20-42)43-21-11-4-12-22-43)54-49-24-14-13-23-47(49)50-35-39(27-34-48(50)53(54)57-51)38-25-28-44(29-26-38)58(40-15-5-1-6-16-40)41-17-7-2-8-18-41/h1-35,52H. The van der Waals surface area contributed by atoms with E-state index in [1.54, 1.807) is 0 Å². The second-order valence-corrected chi connectivity index (χ2v) is 14.6. The molecule has 1 heterocycles. The molecule has 1 aliphatic heterocycles. The van der Waals surface area contributed by atoms with Crippen LogP contribution in [-0.4, -0.2) is 11.8 Å². The molecule has 6 heteroatoms. The molecule has 9 aromatic carbocycles. The van der Waals surface area contributed by atoms with Crippen molar-refractivity contribution in [1.82, 2.24) is 0 Å². The van der Waals surface area contributed by atoms with Crippen LogP contribution in [0.25, 0.3) is 32.7 Å². The minimum absolute atomic E-state index is 0.155. The molecule has 0 spiro atoms. The van der Waals surface area contributed by atoms with Gasteiger partial charge in [-0.05, 0) is 113 Å². The van der Waals surface area contributed by atoms with E-state index in [9.17, 15) is 10.5 Å². The van der Waals surface area contributed by atoms with Crippen LogP contribution in [0.15, 0.2) is 217 Å². The summed E-state index contributed by atoms with van der Waals surface area (Å²) < 4.78 is 0. The smallest absolute Gasteiger partial charge is 0.174 e. The highest BCUT2D eigenvalue weighted by molar-refractivity contribution is 6.25. The molecule has 0 N–H and O–H groups in total. The van der Waals surface area contributed by atoms with E-state index in [1.165, 1.54) is 0 Å². The van der Waals surface area contributed by atoms with Crippen molar-refractivity contribution < 1.29 is 0 Å². The highest BCUT2D eigenvalue weighted by Gasteiger charge is 2.35. The minimum Gasteiger partial charge on any atom is -0.316 e. The van der Waals surface area contributed by atoms with E-state index >= 15 is 0 Å². The molecule has 0 saturated heterocycles. The Morgan fingerprint density at radius 2 is 0.850 bits per heavy atom. The third kappa shape index (κ3) is 6.36. The molecule has 282 valence electrons. The summed E-state index contributed by atoms with van der Waals surface area (Å²) in [7, 11) is 0. The van der Waals surface area contributed by atoms with Crippen LogP contribution in [0.2, 0.25) is 0 Å². The summed E-state index contributed by atoms with van der Waals surface area (Å²) in [4.78, 5) is 11.4. The van der Waals surface area contributed by atoms with Gasteiger partial charge in [0, 0.05) is 50.6 Å². The number of anilines is 8.